The first kappa shape index (κ1) is 12.7. The minimum absolute atomic E-state index is 0.189. The zero-order valence-corrected chi connectivity index (χ0v) is 11.5. The molecule has 0 fully saturated rings. The van der Waals surface area contributed by atoms with Gasteiger partial charge >= 0.3 is 5.97 Å². The number of carboxylic acid groups (broad SMARTS) is 1. The van der Waals surface area contributed by atoms with Crippen LogP contribution in [-0.2, 0) is 6.54 Å². The summed E-state index contributed by atoms with van der Waals surface area (Å²) in [6.07, 6.45) is 0. The van der Waals surface area contributed by atoms with Crippen LogP contribution >= 0.6 is 11.3 Å². The normalized spacial score (nSPS) is 10.8. The Morgan fingerprint density at radius 1 is 1.45 bits per heavy atom. The molecule has 3 aromatic rings. The lowest BCUT2D eigenvalue weighted by molar-refractivity contribution is 0.0697. The number of hydrogen-bond donors (Lipinski definition) is 2. The number of anilines is 1. The Morgan fingerprint density at radius 2 is 2.30 bits per heavy atom. The van der Waals surface area contributed by atoms with Crippen LogP contribution < -0.4 is 5.32 Å². The molecular weight excluding hydrogens is 276 g/mol. The molecule has 20 heavy (non-hydrogen) atoms. The standard InChI is InChI=1S/C14H12N2O3S/c1-8-4-5-20-12(8)7-15-14-16-10-3-2-9(13(17)18)6-11(10)19-14/h2-6H,7H2,1H3,(H,15,16)(H,17,18). The average molecular weight is 288 g/mol. The van der Waals surface area contributed by atoms with Crippen LogP contribution in [0.4, 0.5) is 6.01 Å². The van der Waals surface area contributed by atoms with Gasteiger partial charge in [-0.3, -0.25) is 0 Å². The van der Waals surface area contributed by atoms with Crippen LogP contribution in [0, 0.1) is 6.92 Å². The van der Waals surface area contributed by atoms with Gasteiger partial charge in [0.1, 0.15) is 5.52 Å². The van der Waals surface area contributed by atoms with E-state index in [1.54, 1.807) is 17.4 Å². The summed E-state index contributed by atoms with van der Waals surface area (Å²) in [6, 6.07) is 7.10. The molecule has 0 spiro atoms. The molecule has 0 aliphatic carbocycles. The van der Waals surface area contributed by atoms with Gasteiger partial charge in [-0.1, -0.05) is 0 Å². The molecule has 0 atom stereocenters. The van der Waals surface area contributed by atoms with Crippen molar-refractivity contribution < 1.29 is 14.3 Å². The van der Waals surface area contributed by atoms with E-state index in [4.69, 9.17) is 9.52 Å². The SMILES string of the molecule is Cc1ccsc1CNc1nc2ccc(C(=O)O)cc2o1. The maximum Gasteiger partial charge on any atom is 0.335 e. The van der Waals surface area contributed by atoms with E-state index < -0.39 is 5.97 Å². The Balaban J connectivity index is 1.82. The number of carboxylic acids is 1. The minimum atomic E-state index is -0.980. The summed E-state index contributed by atoms with van der Waals surface area (Å²) in [5, 5.41) is 14.1. The summed E-state index contributed by atoms with van der Waals surface area (Å²) in [7, 11) is 0. The molecule has 0 saturated carbocycles. The van der Waals surface area contributed by atoms with Gasteiger partial charge in [0.05, 0.1) is 12.1 Å². The van der Waals surface area contributed by atoms with Crippen molar-refractivity contribution in [2.45, 2.75) is 13.5 Å². The fourth-order valence-electron chi connectivity index (χ4n) is 1.87. The zero-order valence-electron chi connectivity index (χ0n) is 10.7. The van der Waals surface area contributed by atoms with Gasteiger partial charge in [-0.05, 0) is 42.1 Å². The molecule has 0 amide bonds. The largest absolute Gasteiger partial charge is 0.478 e. The van der Waals surface area contributed by atoms with E-state index in [9.17, 15) is 4.79 Å². The first-order chi connectivity index (χ1) is 9.63. The summed E-state index contributed by atoms with van der Waals surface area (Å²) in [5.74, 6) is -0.980. The monoisotopic (exact) mass is 288 g/mol. The van der Waals surface area contributed by atoms with Crippen molar-refractivity contribution in [3.05, 3.63) is 45.6 Å². The fraction of sp³-hybridized carbons (Fsp3) is 0.143. The smallest absolute Gasteiger partial charge is 0.335 e. The Kier molecular flexibility index (Phi) is 3.15. The van der Waals surface area contributed by atoms with Gasteiger partial charge in [0, 0.05) is 4.88 Å². The highest BCUT2D eigenvalue weighted by Gasteiger charge is 2.10. The van der Waals surface area contributed by atoms with Crippen LogP contribution in [0.15, 0.2) is 34.1 Å². The molecule has 2 heterocycles. The van der Waals surface area contributed by atoms with Gasteiger partial charge in [0.2, 0.25) is 0 Å². The van der Waals surface area contributed by atoms with Gasteiger partial charge in [-0.25, -0.2) is 4.79 Å². The molecule has 2 aromatic heterocycles. The van der Waals surface area contributed by atoms with Gasteiger partial charge in [0.25, 0.3) is 6.01 Å². The molecule has 0 unspecified atom stereocenters. The second kappa shape index (κ2) is 4.97. The second-order valence-corrected chi connectivity index (χ2v) is 5.39. The zero-order chi connectivity index (χ0) is 14.1. The fourth-order valence-corrected chi connectivity index (χ4v) is 2.72. The minimum Gasteiger partial charge on any atom is -0.478 e. The van der Waals surface area contributed by atoms with Crippen molar-refractivity contribution in [2.24, 2.45) is 0 Å². The number of nitrogens with zero attached hydrogens (tertiary/aromatic N) is 1. The Labute approximate surface area is 118 Å². The first-order valence-corrected chi connectivity index (χ1v) is 6.92. The highest BCUT2D eigenvalue weighted by Crippen LogP contribution is 2.22. The van der Waals surface area contributed by atoms with Crippen LogP contribution in [0.5, 0.6) is 0 Å². The van der Waals surface area contributed by atoms with E-state index in [1.807, 2.05) is 5.38 Å². The first-order valence-electron chi connectivity index (χ1n) is 6.04. The summed E-state index contributed by atoms with van der Waals surface area (Å²) >= 11 is 1.67. The number of nitrogens with one attached hydrogen (secondary N) is 1. The topological polar surface area (TPSA) is 75.4 Å². The highest BCUT2D eigenvalue weighted by molar-refractivity contribution is 7.10. The predicted octanol–water partition coefficient (Wildman–Crippen LogP) is 3.51. The predicted molar refractivity (Wildman–Crippen MR) is 77.4 cm³/mol. The molecule has 2 N–H and O–H groups in total. The van der Waals surface area contributed by atoms with E-state index in [0.29, 0.717) is 23.7 Å². The lowest BCUT2D eigenvalue weighted by atomic mass is 10.2. The van der Waals surface area contributed by atoms with E-state index >= 15 is 0 Å². The lowest BCUT2D eigenvalue weighted by Crippen LogP contribution is -1.98. The lowest BCUT2D eigenvalue weighted by Gasteiger charge is -1.99. The van der Waals surface area contributed by atoms with Gasteiger partial charge < -0.3 is 14.8 Å². The molecular formula is C14H12N2O3S. The number of aromatic carboxylic acids is 1. The van der Waals surface area contributed by atoms with Crippen molar-refractivity contribution >= 4 is 34.4 Å². The molecule has 1 aromatic carbocycles. The van der Waals surface area contributed by atoms with Crippen LogP contribution in [0.2, 0.25) is 0 Å². The van der Waals surface area contributed by atoms with Crippen molar-refractivity contribution in [2.75, 3.05) is 5.32 Å². The number of aryl methyl sites for hydroxylation is 1. The van der Waals surface area contributed by atoms with Gasteiger partial charge in [-0.15, -0.1) is 11.3 Å². The van der Waals surface area contributed by atoms with Crippen molar-refractivity contribution in [1.29, 1.82) is 0 Å². The summed E-state index contributed by atoms with van der Waals surface area (Å²) in [5.41, 5.74) is 2.52. The number of rotatable bonds is 4. The van der Waals surface area contributed by atoms with Crippen molar-refractivity contribution in [1.82, 2.24) is 4.98 Å². The molecule has 3 rings (SSSR count). The second-order valence-electron chi connectivity index (χ2n) is 4.39. The third-order valence-corrected chi connectivity index (χ3v) is 4.03. The maximum absolute atomic E-state index is 10.9. The molecule has 0 aliphatic rings. The number of oxazole rings is 1. The van der Waals surface area contributed by atoms with Crippen LogP contribution in [0.3, 0.4) is 0 Å². The number of thiophene rings is 1. The van der Waals surface area contributed by atoms with E-state index in [0.717, 1.165) is 0 Å². The van der Waals surface area contributed by atoms with Crippen LogP contribution in [0.25, 0.3) is 11.1 Å². The molecule has 5 nitrogen and oxygen atoms in total. The van der Waals surface area contributed by atoms with Gasteiger partial charge in [0.15, 0.2) is 5.58 Å². The molecule has 0 radical (unpaired) electrons. The quantitative estimate of drug-likeness (QED) is 0.768. The van der Waals surface area contributed by atoms with Crippen molar-refractivity contribution in [3.63, 3.8) is 0 Å². The van der Waals surface area contributed by atoms with Crippen LogP contribution in [-0.4, -0.2) is 16.1 Å². The molecule has 0 aliphatic heterocycles. The highest BCUT2D eigenvalue weighted by atomic mass is 32.1. The summed E-state index contributed by atoms with van der Waals surface area (Å²) in [6.45, 7) is 2.70. The Morgan fingerprint density at radius 3 is 3.00 bits per heavy atom. The molecule has 0 saturated heterocycles. The summed E-state index contributed by atoms with van der Waals surface area (Å²) < 4.78 is 5.52. The van der Waals surface area contributed by atoms with E-state index in [2.05, 4.69) is 23.3 Å². The third kappa shape index (κ3) is 2.37. The Hall–Kier alpha value is -2.34. The van der Waals surface area contributed by atoms with E-state index in [1.165, 1.54) is 22.6 Å². The average Bonchev–Trinajstić information content (AvgIpc) is 3.00. The maximum atomic E-state index is 10.9. The number of aromatic nitrogens is 1. The third-order valence-electron chi connectivity index (χ3n) is 3.00. The number of fused-ring (bicyclic) bond motifs is 1. The Bertz CT molecular complexity index is 776. The number of hydrogen-bond acceptors (Lipinski definition) is 5. The molecule has 102 valence electrons. The molecule has 6 heteroatoms. The van der Waals surface area contributed by atoms with Crippen molar-refractivity contribution in [3.8, 4) is 0 Å². The summed E-state index contributed by atoms with van der Waals surface area (Å²) in [4.78, 5) is 16.4. The van der Waals surface area contributed by atoms with E-state index in [-0.39, 0.29) is 5.56 Å². The number of benzene rings is 1. The molecule has 0 bridgehead atoms. The number of carbonyl (C=O) groups is 1. The van der Waals surface area contributed by atoms with Gasteiger partial charge in [-0.2, -0.15) is 4.98 Å². The van der Waals surface area contributed by atoms with Crippen LogP contribution in [0.1, 0.15) is 20.8 Å².